The Morgan fingerprint density at radius 3 is 2.60 bits per heavy atom. The van der Waals surface area contributed by atoms with Crippen LogP contribution in [0.25, 0.3) is 0 Å². The third-order valence-electron chi connectivity index (χ3n) is 4.26. The minimum atomic E-state index is -1.10. The van der Waals surface area contributed by atoms with Crippen LogP contribution in [0.2, 0.25) is 0 Å². The summed E-state index contributed by atoms with van der Waals surface area (Å²) in [6.07, 6.45) is 5.22. The standard InChI is InChI=1S/C15H28N2O3/c1-11(2)7-6-10-16-14(20)17-15(13(18)19)9-5-4-8-12(15)3/h11-12H,4-10H2,1-3H3,(H,18,19)(H2,16,17,20). The summed E-state index contributed by atoms with van der Waals surface area (Å²) in [5, 5.41) is 15.0. The molecule has 5 heteroatoms. The second kappa shape index (κ2) is 7.50. The molecule has 0 radical (unpaired) electrons. The summed E-state index contributed by atoms with van der Waals surface area (Å²) in [5.74, 6) is -0.333. The molecule has 116 valence electrons. The molecule has 0 aromatic rings. The highest BCUT2D eigenvalue weighted by molar-refractivity contribution is 5.86. The summed E-state index contributed by atoms with van der Waals surface area (Å²) < 4.78 is 0. The van der Waals surface area contributed by atoms with Crippen LogP contribution in [0.1, 0.15) is 59.3 Å². The van der Waals surface area contributed by atoms with E-state index < -0.39 is 11.5 Å². The highest BCUT2D eigenvalue weighted by atomic mass is 16.4. The maximum absolute atomic E-state index is 11.9. The maximum atomic E-state index is 11.9. The fourth-order valence-corrected chi connectivity index (χ4v) is 2.86. The SMILES string of the molecule is CC(C)CCCNC(=O)NC1(C(=O)O)CCCCC1C. The number of carbonyl (C=O) groups is 2. The molecule has 0 aliphatic heterocycles. The second-order valence-corrected chi connectivity index (χ2v) is 6.34. The zero-order chi connectivity index (χ0) is 15.2. The average Bonchev–Trinajstić information content (AvgIpc) is 2.37. The van der Waals surface area contributed by atoms with Crippen molar-refractivity contribution in [2.24, 2.45) is 11.8 Å². The van der Waals surface area contributed by atoms with Crippen LogP contribution in [0.3, 0.4) is 0 Å². The van der Waals surface area contributed by atoms with E-state index in [1.54, 1.807) is 0 Å². The number of hydrogen-bond acceptors (Lipinski definition) is 2. The van der Waals surface area contributed by atoms with Gasteiger partial charge in [-0.3, -0.25) is 0 Å². The molecule has 1 fully saturated rings. The molecular formula is C15H28N2O3. The zero-order valence-electron chi connectivity index (χ0n) is 12.9. The average molecular weight is 284 g/mol. The Morgan fingerprint density at radius 1 is 1.35 bits per heavy atom. The van der Waals surface area contributed by atoms with E-state index >= 15 is 0 Å². The quantitative estimate of drug-likeness (QED) is 0.656. The number of aliphatic carboxylic acids is 1. The molecule has 0 bridgehead atoms. The lowest BCUT2D eigenvalue weighted by atomic mass is 9.73. The van der Waals surface area contributed by atoms with E-state index in [9.17, 15) is 14.7 Å². The van der Waals surface area contributed by atoms with Gasteiger partial charge in [0.05, 0.1) is 0 Å². The van der Waals surface area contributed by atoms with Gasteiger partial charge < -0.3 is 15.7 Å². The van der Waals surface area contributed by atoms with Crippen molar-refractivity contribution in [2.45, 2.75) is 64.8 Å². The lowest BCUT2D eigenvalue weighted by molar-refractivity contribution is -0.148. The summed E-state index contributed by atoms with van der Waals surface area (Å²) in [7, 11) is 0. The molecule has 2 amide bonds. The number of nitrogens with one attached hydrogen (secondary N) is 2. The molecule has 0 aromatic heterocycles. The van der Waals surface area contributed by atoms with Crippen molar-refractivity contribution in [1.29, 1.82) is 0 Å². The van der Waals surface area contributed by atoms with Crippen LogP contribution in [0, 0.1) is 11.8 Å². The first-order chi connectivity index (χ1) is 9.38. The van der Waals surface area contributed by atoms with Gasteiger partial charge in [-0.25, -0.2) is 9.59 Å². The van der Waals surface area contributed by atoms with Gasteiger partial charge in [-0.1, -0.05) is 33.6 Å². The van der Waals surface area contributed by atoms with Crippen LogP contribution in [-0.2, 0) is 4.79 Å². The van der Waals surface area contributed by atoms with Crippen LogP contribution >= 0.6 is 0 Å². The van der Waals surface area contributed by atoms with Gasteiger partial charge in [-0.05, 0) is 37.5 Å². The number of carbonyl (C=O) groups excluding carboxylic acids is 1. The Kier molecular flexibility index (Phi) is 6.30. The summed E-state index contributed by atoms with van der Waals surface area (Å²) in [6.45, 7) is 6.78. The lowest BCUT2D eigenvalue weighted by Gasteiger charge is -2.39. The summed E-state index contributed by atoms with van der Waals surface area (Å²) in [5.41, 5.74) is -1.10. The molecule has 5 nitrogen and oxygen atoms in total. The van der Waals surface area contributed by atoms with Crippen molar-refractivity contribution >= 4 is 12.0 Å². The number of urea groups is 1. The minimum absolute atomic E-state index is 0.0323. The topological polar surface area (TPSA) is 78.4 Å². The fourth-order valence-electron chi connectivity index (χ4n) is 2.86. The normalized spacial score (nSPS) is 26.3. The molecule has 0 heterocycles. The molecule has 1 aliphatic carbocycles. The van der Waals surface area contributed by atoms with E-state index in [1.165, 1.54) is 0 Å². The first-order valence-electron chi connectivity index (χ1n) is 7.68. The molecule has 2 unspecified atom stereocenters. The Bertz CT molecular complexity index is 344. The molecule has 3 N–H and O–H groups in total. The van der Waals surface area contributed by atoms with E-state index in [0.29, 0.717) is 18.9 Å². The van der Waals surface area contributed by atoms with Gasteiger partial charge in [0.15, 0.2) is 0 Å². The van der Waals surface area contributed by atoms with Crippen LogP contribution in [0.4, 0.5) is 4.79 Å². The van der Waals surface area contributed by atoms with Crippen LogP contribution < -0.4 is 10.6 Å². The first-order valence-corrected chi connectivity index (χ1v) is 7.68. The third kappa shape index (κ3) is 4.39. The number of carboxylic acids is 1. The van der Waals surface area contributed by atoms with E-state index in [1.807, 2.05) is 6.92 Å². The Balaban J connectivity index is 2.49. The van der Waals surface area contributed by atoms with Gasteiger partial charge in [0.1, 0.15) is 5.54 Å². The van der Waals surface area contributed by atoms with E-state index in [2.05, 4.69) is 24.5 Å². The summed E-state index contributed by atoms with van der Waals surface area (Å²) >= 11 is 0. The van der Waals surface area contributed by atoms with Crippen molar-refractivity contribution in [1.82, 2.24) is 10.6 Å². The number of amides is 2. The molecule has 1 saturated carbocycles. The fraction of sp³-hybridized carbons (Fsp3) is 0.867. The molecule has 20 heavy (non-hydrogen) atoms. The van der Waals surface area contributed by atoms with E-state index in [-0.39, 0.29) is 11.9 Å². The Labute approximate surface area is 121 Å². The molecule has 1 rings (SSSR count). The van der Waals surface area contributed by atoms with Crippen molar-refractivity contribution in [3.05, 3.63) is 0 Å². The third-order valence-corrected chi connectivity index (χ3v) is 4.26. The van der Waals surface area contributed by atoms with Gasteiger partial charge in [0.25, 0.3) is 0 Å². The van der Waals surface area contributed by atoms with Crippen molar-refractivity contribution < 1.29 is 14.7 Å². The largest absolute Gasteiger partial charge is 0.479 e. The predicted octanol–water partition coefficient (Wildman–Crippen LogP) is 2.76. The van der Waals surface area contributed by atoms with Crippen molar-refractivity contribution in [3.63, 3.8) is 0 Å². The van der Waals surface area contributed by atoms with E-state index in [0.717, 1.165) is 32.1 Å². The highest BCUT2D eigenvalue weighted by Gasteiger charge is 2.46. The molecule has 1 aliphatic rings. The Hall–Kier alpha value is -1.26. The van der Waals surface area contributed by atoms with Gasteiger partial charge >= 0.3 is 12.0 Å². The molecular weight excluding hydrogens is 256 g/mol. The van der Waals surface area contributed by atoms with Gasteiger partial charge in [0.2, 0.25) is 0 Å². The summed E-state index contributed by atoms with van der Waals surface area (Å²) in [4.78, 5) is 23.5. The van der Waals surface area contributed by atoms with Gasteiger partial charge in [-0.2, -0.15) is 0 Å². The number of rotatable bonds is 6. The van der Waals surface area contributed by atoms with Crippen molar-refractivity contribution in [2.75, 3.05) is 6.54 Å². The van der Waals surface area contributed by atoms with Gasteiger partial charge in [0, 0.05) is 6.54 Å². The van der Waals surface area contributed by atoms with Gasteiger partial charge in [-0.15, -0.1) is 0 Å². The Morgan fingerprint density at radius 2 is 2.05 bits per heavy atom. The molecule has 0 aromatic carbocycles. The van der Waals surface area contributed by atoms with Crippen LogP contribution in [0.15, 0.2) is 0 Å². The maximum Gasteiger partial charge on any atom is 0.329 e. The van der Waals surface area contributed by atoms with Crippen LogP contribution in [0.5, 0.6) is 0 Å². The number of hydrogen-bond donors (Lipinski definition) is 3. The monoisotopic (exact) mass is 284 g/mol. The first kappa shape index (κ1) is 16.8. The molecule has 0 spiro atoms. The zero-order valence-corrected chi connectivity index (χ0v) is 12.9. The number of carboxylic acid groups (broad SMARTS) is 1. The smallest absolute Gasteiger partial charge is 0.329 e. The molecule has 2 atom stereocenters. The lowest BCUT2D eigenvalue weighted by Crippen LogP contribution is -2.61. The van der Waals surface area contributed by atoms with Crippen LogP contribution in [-0.4, -0.2) is 29.2 Å². The van der Waals surface area contributed by atoms with E-state index in [4.69, 9.17) is 0 Å². The summed E-state index contributed by atoms with van der Waals surface area (Å²) in [6, 6.07) is -0.357. The molecule has 0 saturated heterocycles. The highest BCUT2D eigenvalue weighted by Crippen LogP contribution is 2.33. The predicted molar refractivity (Wildman–Crippen MR) is 78.6 cm³/mol. The second-order valence-electron chi connectivity index (χ2n) is 6.34. The minimum Gasteiger partial charge on any atom is -0.479 e. The van der Waals surface area contributed by atoms with Crippen molar-refractivity contribution in [3.8, 4) is 0 Å².